The summed E-state index contributed by atoms with van der Waals surface area (Å²) in [6.45, 7) is 4.58. The van der Waals surface area contributed by atoms with Gasteiger partial charge in [-0.15, -0.1) is 0 Å². The molecule has 0 radical (unpaired) electrons. The highest BCUT2D eigenvalue weighted by Gasteiger charge is 2.25. The maximum atomic E-state index is 12.9. The average Bonchev–Trinajstić information content (AvgIpc) is 3.32. The molecule has 1 aromatic carbocycles. The van der Waals surface area contributed by atoms with E-state index in [1.165, 1.54) is 0 Å². The van der Waals surface area contributed by atoms with Gasteiger partial charge in [-0.3, -0.25) is 19.3 Å². The molecule has 2 fully saturated rings. The average molecular weight is 433 g/mol. The first-order chi connectivity index (χ1) is 15.1. The van der Waals surface area contributed by atoms with Crippen LogP contribution in [-0.4, -0.2) is 93.2 Å². The maximum Gasteiger partial charge on any atom is 0.254 e. The number of anilines is 1. The van der Waals surface area contributed by atoms with E-state index in [4.69, 9.17) is 9.47 Å². The van der Waals surface area contributed by atoms with Crippen molar-refractivity contribution in [3.05, 3.63) is 29.8 Å². The van der Waals surface area contributed by atoms with E-state index in [9.17, 15) is 14.4 Å². The number of carbonyl (C=O) groups is 3. The molecule has 0 spiro atoms. The Hall–Kier alpha value is -2.49. The van der Waals surface area contributed by atoms with Gasteiger partial charge in [0.2, 0.25) is 5.91 Å². The number of nitrogens with one attached hydrogen (secondary N) is 2. The summed E-state index contributed by atoms with van der Waals surface area (Å²) in [5.41, 5.74) is 1.13. The first-order valence-corrected chi connectivity index (χ1v) is 10.9. The molecule has 9 heteroatoms. The number of amides is 3. The molecule has 0 bridgehead atoms. The van der Waals surface area contributed by atoms with Gasteiger partial charge in [0.1, 0.15) is 6.10 Å². The highest BCUT2D eigenvalue weighted by atomic mass is 16.5. The van der Waals surface area contributed by atoms with Crippen LogP contribution in [0.15, 0.2) is 24.3 Å². The zero-order valence-electron chi connectivity index (χ0n) is 18.1. The van der Waals surface area contributed by atoms with Crippen LogP contribution in [0.5, 0.6) is 0 Å². The quantitative estimate of drug-likeness (QED) is 0.558. The van der Waals surface area contributed by atoms with Crippen LogP contribution in [-0.2, 0) is 19.1 Å². The van der Waals surface area contributed by atoms with E-state index in [1.807, 2.05) is 4.90 Å². The summed E-state index contributed by atoms with van der Waals surface area (Å²) in [5.74, 6) is -0.251. The molecule has 2 heterocycles. The minimum Gasteiger partial charge on any atom is -0.385 e. The number of ether oxygens (including phenoxy) is 2. The van der Waals surface area contributed by atoms with Crippen molar-refractivity contribution in [3.63, 3.8) is 0 Å². The van der Waals surface area contributed by atoms with Gasteiger partial charge in [-0.2, -0.15) is 0 Å². The lowest BCUT2D eigenvalue weighted by molar-refractivity contribution is -0.124. The molecule has 2 N–H and O–H groups in total. The number of piperazine rings is 1. The van der Waals surface area contributed by atoms with Gasteiger partial charge in [0.05, 0.1) is 6.54 Å². The van der Waals surface area contributed by atoms with E-state index in [0.29, 0.717) is 63.7 Å². The van der Waals surface area contributed by atoms with Crippen LogP contribution in [0.3, 0.4) is 0 Å². The molecule has 0 saturated carbocycles. The molecule has 1 aromatic rings. The SMILES string of the molecule is COCCCNC(=O)CN1CCN(C(=O)c2cccc(NC(=O)C3CCCO3)c2)CC1. The number of benzene rings is 1. The summed E-state index contributed by atoms with van der Waals surface area (Å²) in [5, 5.41) is 5.72. The van der Waals surface area contributed by atoms with E-state index in [2.05, 4.69) is 10.6 Å². The molecule has 3 rings (SSSR count). The standard InChI is InChI=1S/C22H32N4O5/c1-30-13-4-8-23-20(27)16-25-9-11-26(12-10-25)22(29)17-5-2-6-18(15-17)24-21(28)19-7-3-14-31-19/h2,5-6,15,19H,3-4,7-14,16H2,1H3,(H,23,27)(H,24,28). The Morgan fingerprint density at radius 3 is 2.71 bits per heavy atom. The van der Waals surface area contributed by atoms with Crippen molar-refractivity contribution < 1.29 is 23.9 Å². The molecule has 2 aliphatic rings. The molecule has 0 aliphatic carbocycles. The summed E-state index contributed by atoms with van der Waals surface area (Å²) < 4.78 is 10.4. The van der Waals surface area contributed by atoms with Gasteiger partial charge < -0.3 is 25.0 Å². The van der Waals surface area contributed by atoms with Gasteiger partial charge in [0.25, 0.3) is 11.8 Å². The largest absolute Gasteiger partial charge is 0.385 e. The lowest BCUT2D eigenvalue weighted by atomic mass is 10.1. The second-order valence-corrected chi connectivity index (χ2v) is 7.84. The molecule has 3 amide bonds. The van der Waals surface area contributed by atoms with Crippen molar-refractivity contribution in [3.8, 4) is 0 Å². The third-order valence-electron chi connectivity index (χ3n) is 5.47. The number of methoxy groups -OCH3 is 1. The highest BCUT2D eigenvalue weighted by Crippen LogP contribution is 2.17. The molecular weight excluding hydrogens is 400 g/mol. The van der Waals surface area contributed by atoms with Crippen LogP contribution in [0.1, 0.15) is 29.6 Å². The Bertz CT molecular complexity index is 758. The van der Waals surface area contributed by atoms with Gasteiger partial charge in [-0.05, 0) is 37.5 Å². The predicted octanol–water partition coefficient (Wildman–Crippen LogP) is 0.715. The van der Waals surface area contributed by atoms with E-state index < -0.39 is 6.10 Å². The number of nitrogens with zero attached hydrogens (tertiary/aromatic N) is 2. The summed E-state index contributed by atoms with van der Waals surface area (Å²) in [4.78, 5) is 41.0. The topological polar surface area (TPSA) is 100 Å². The number of hydrogen-bond donors (Lipinski definition) is 2. The van der Waals surface area contributed by atoms with Crippen LogP contribution < -0.4 is 10.6 Å². The molecule has 31 heavy (non-hydrogen) atoms. The Morgan fingerprint density at radius 1 is 1.19 bits per heavy atom. The van der Waals surface area contributed by atoms with E-state index >= 15 is 0 Å². The van der Waals surface area contributed by atoms with Crippen molar-refractivity contribution in [1.29, 1.82) is 0 Å². The van der Waals surface area contributed by atoms with E-state index in [0.717, 1.165) is 19.3 Å². The summed E-state index contributed by atoms with van der Waals surface area (Å²) in [6.07, 6.45) is 1.99. The third-order valence-corrected chi connectivity index (χ3v) is 5.47. The Balaban J connectivity index is 1.45. The van der Waals surface area contributed by atoms with Crippen molar-refractivity contribution in [2.75, 3.05) is 64.9 Å². The first kappa shape index (κ1) is 23.2. The van der Waals surface area contributed by atoms with Gasteiger partial charge >= 0.3 is 0 Å². The van der Waals surface area contributed by atoms with Crippen molar-refractivity contribution >= 4 is 23.4 Å². The Morgan fingerprint density at radius 2 is 2.00 bits per heavy atom. The molecule has 0 aromatic heterocycles. The van der Waals surface area contributed by atoms with Gasteiger partial charge in [0, 0.05) is 64.3 Å². The smallest absolute Gasteiger partial charge is 0.254 e. The van der Waals surface area contributed by atoms with Crippen LogP contribution in [0, 0.1) is 0 Å². The van der Waals surface area contributed by atoms with Crippen molar-refractivity contribution in [2.24, 2.45) is 0 Å². The van der Waals surface area contributed by atoms with Gasteiger partial charge in [0.15, 0.2) is 0 Å². The molecule has 2 saturated heterocycles. The normalized spacial score (nSPS) is 19.3. The van der Waals surface area contributed by atoms with E-state index in [-0.39, 0.29) is 17.7 Å². The minimum absolute atomic E-state index is 0.00874. The molecule has 9 nitrogen and oxygen atoms in total. The fourth-order valence-corrected chi connectivity index (χ4v) is 3.73. The Kier molecular flexibility index (Phi) is 8.81. The number of rotatable bonds is 9. The van der Waals surface area contributed by atoms with Crippen LogP contribution in [0.2, 0.25) is 0 Å². The Labute approximate surface area is 183 Å². The van der Waals surface area contributed by atoms with Gasteiger partial charge in [-0.1, -0.05) is 6.07 Å². The second kappa shape index (κ2) is 11.8. The zero-order valence-corrected chi connectivity index (χ0v) is 18.1. The lowest BCUT2D eigenvalue weighted by Gasteiger charge is -2.34. The van der Waals surface area contributed by atoms with Crippen molar-refractivity contribution in [2.45, 2.75) is 25.4 Å². The van der Waals surface area contributed by atoms with Gasteiger partial charge in [-0.25, -0.2) is 0 Å². The highest BCUT2D eigenvalue weighted by molar-refractivity contribution is 5.98. The molecular formula is C22H32N4O5. The predicted molar refractivity (Wildman–Crippen MR) is 116 cm³/mol. The maximum absolute atomic E-state index is 12.9. The summed E-state index contributed by atoms with van der Waals surface area (Å²) >= 11 is 0. The molecule has 2 aliphatic heterocycles. The second-order valence-electron chi connectivity index (χ2n) is 7.84. The third kappa shape index (κ3) is 7.02. The fraction of sp³-hybridized carbons (Fsp3) is 0.591. The number of hydrogen-bond acceptors (Lipinski definition) is 6. The first-order valence-electron chi connectivity index (χ1n) is 10.9. The summed E-state index contributed by atoms with van der Waals surface area (Å²) in [7, 11) is 1.64. The minimum atomic E-state index is -0.412. The summed E-state index contributed by atoms with van der Waals surface area (Å²) in [6, 6.07) is 6.99. The van der Waals surface area contributed by atoms with Crippen LogP contribution in [0.4, 0.5) is 5.69 Å². The number of carbonyl (C=O) groups excluding carboxylic acids is 3. The zero-order chi connectivity index (χ0) is 22.1. The van der Waals surface area contributed by atoms with Crippen molar-refractivity contribution in [1.82, 2.24) is 15.1 Å². The molecule has 170 valence electrons. The molecule has 1 atom stereocenters. The van der Waals surface area contributed by atoms with Crippen LogP contribution in [0.25, 0.3) is 0 Å². The van der Waals surface area contributed by atoms with Crippen LogP contribution >= 0.6 is 0 Å². The monoisotopic (exact) mass is 432 g/mol. The fourth-order valence-electron chi connectivity index (χ4n) is 3.73. The lowest BCUT2D eigenvalue weighted by Crippen LogP contribution is -2.51. The molecule has 1 unspecified atom stereocenters. The van der Waals surface area contributed by atoms with E-state index in [1.54, 1.807) is 36.3 Å².